The fraction of sp³-hybridized carbons (Fsp3) is 0.312. The van der Waals surface area contributed by atoms with Crippen LogP contribution in [0.25, 0.3) is 0 Å². The van der Waals surface area contributed by atoms with Crippen molar-refractivity contribution in [3.05, 3.63) is 53.5 Å². The van der Waals surface area contributed by atoms with Crippen molar-refractivity contribution in [2.24, 2.45) is 5.73 Å². The Hall–Kier alpha value is -1.89. The minimum Gasteiger partial charge on any atom is -0.382 e. The van der Waals surface area contributed by atoms with E-state index in [1.807, 2.05) is 12.1 Å². The third kappa shape index (κ3) is 5.63. The van der Waals surface area contributed by atoms with E-state index in [2.05, 4.69) is 41.3 Å². The smallest absolute Gasteiger partial charge is 0.273 e. The lowest BCUT2D eigenvalue weighted by Gasteiger charge is -2.14. The van der Waals surface area contributed by atoms with Crippen molar-refractivity contribution >= 4 is 36.5 Å². The number of anilines is 1. The fourth-order valence-electron chi connectivity index (χ4n) is 2.06. The van der Waals surface area contributed by atoms with Gasteiger partial charge in [0, 0.05) is 25.0 Å². The second kappa shape index (κ2) is 10.1. The Balaban J connectivity index is 0.00000264. The molecule has 0 bridgehead atoms. The van der Waals surface area contributed by atoms with Crippen LogP contribution in [0.2, 0.25) is 0 Å². The minimum absolute atomic E-state index is 0. The molecule has 0 aliphatic rings. The largest absolute Gasteiger partial charge is 0.382 e. The summed E-state index contributed by atoms with van der Waals surface area (Å²) in [6.45, 7) is 4.58. The van der Waals surface area contributed by atoms with Gasteiger partial charge in [-0.25, -0.2) is 9.97 Å². The van der Waals surface area contributed by atoms with E-state index in [4.69, 9.17) is 11.5 Å². The zero-order chi connectivity index (χ0) is 16.1. The van der Waals surface area contributed by atoms with Gasteiger partial charge in [-0.1, -0.05) is 38.1 Å². The summed E-state index contributed by atoms with van der Waals surface area (Å²) in [6, 6.07) is 7.80. The van der Waals surface area contributed by atoms with E-state index in [-0.39, 0.29) is 48.3 Å². The molecule has 0 saturated carbocycles. The first-order valence-corrected chi connectivity index (χ1v) is 7.19. The standard InChI is InChI=1S/C16H21N5O.2ClH/c1-10(2)11-3-5-12(6-4-11)13(17)9-21-16(22)14-15(18)20-8-7-19-14;;/h3-8,10,13H,9,17H2,1-2H3,(H2,18,20)(H,21,22);2*1H. The molecule has 0 spiro atoms. The van der Waals surface area contributed by atoms with Gasteiger partial charge in [0.25, 0.3) is 5.91 Å². The van der Waals surface area contributed by atoms with Gasteiger partial charge < -0.3 is 16.8 Å². The third-order valence-corrected chi connectivity index (χ3v) is 3.46. The molecule has 2 rings (SSSR count). The summed E-state index contributed by atoms with van der Waals surface area (Å²) in [5.74, 6) is 0.208. The van der Waals surface area contributed by atoms with Gasteiger partial charge in [0.05, 0.1) is 0 Å². The van der Waals surface area contributed by atoms with Crippen molar-refractivity contribution in [2.45, 2.75) is 25.8 Å². The lowest BCUT2D eigenvalue weighted by atomic mass is 9.99. The molecule has 0 aliphatic heterocycles. The molecule has 0 fully saturated rings. The molecular formula is C16H23Cl2N5O. The van der Waals surface area contributed by atoms with Crippen LogP contribution in [0.1, 0.15) is 47.4 Å². The Labute approximate surface area is 154 Å². The maximum atomic E-state index is 12.0. The fourth-order valence-corrected chi connectivity index (χ4v) is 2.06. The third-order valence-electron chi connectivity index (χ3n) is 3.46. The maximum Gasteiger partial charge on any atom is 0.273 e. The summed E-state index contributed by atoms with van der Waals surface area (Å²) in [5.41, 5.74) is 14.1. The molecule has 132 valence electrons. The predicted molar refractivity (Wildman–Crippen MR) is 101 cm³/mol. The van der Waals surface area contributed by atoms with Crippen LogP contribution in [0.5, 0.6) is 0 Å². The molecule has 0 aliphatic carbocycles. The first-order chi connectivity index (χ1) is 10.5. The molecule has 1 heterocycles. The van der Waals surface area contributed by atoms with Crippen LogP contribution in [-0.4, -0.2) is 22.4 Å². The van der Waals surface area contributed by atoms with E-state index in [9.17, 15) is 4.79 Å². The highest BCUT2D eigenvalue weighted by Crippen LogP contribution is 2.17. The second-order valence-electron chi connectivity index (χ2n) is 5.43. The second-order valence-corrected chi connectivity index (χ2v) is 5.43. The van der Waals surface area contributed by atoms with Crippen molar-refractivity contribution < 1.29 is 4.79 Å². The Morgan fingerprint density at radius 1 is 1.08 bits per heavy atom. The molecule has 0 radical (unpaired) electrons. The van der Waals surface area contributed by atoms with Crippen LogP contribution in [0, 0.1) is 0 Å². The quantitative estimate of drug-likeness (QED) is 0.747. The molecule has 2 aromatic rings. The summed E-state index contributed by atoms with van der Waals surface area (Å²) < 4.78 is 0. The number of nitrogen functional groups attached to an aromatic ring is 1. The average Bonchev–Trinajstić information content (AvgIpc) is 2.52. The molecule has 1 atom stereocenters. The van der Waals surface area contributed by atoms with Crippen molar-refractivity contribution in [3.8, 4) is 0 Å². The molecule has 1 unspecified atom stereocenters. The van der Waals surface area contributed by atoms with Crippen molar-refractivity contribution in [1.82, 2.24) is 15.3 Å². The zero-order valence-electron chi connectivity index (χ0n) is 13.6. The number of benzene rings is 1. The van der Waals surface area contributed by atoms with E-state index in [0.717, 1.165) is 5.56 Å². The van der Waals surface area contributed by atoms with Gasteiger partial charge >= 0.3 is 0 Å². The number of amides is 1. The molecule has 1 aromatic carbocycles. The summed E-state index contributed by atoms with van der Waals surface area (Å²) in [7, 11) is 0. The van der Waals surface area contributed by atoms with Gasteiger partial charge in [0.15, 0.2) is 11.5 Å². The van der Waals surface area contributed by atoms with Crippen LogP contribution in [0.3, 0.4) is 0 Å². The van der Waals surface area contributed by atoms with E-state index in [0.29, 0.717) is 12.5 Å². The molecule has 5 N–H and O–H groups in total. The Bertz CT molecular complexity index is 649. The average molecular weight is 372 g/mol. The number of rotatable bonds is 5. The summed E-state index contributed by atoms with van der Waals surface area (Å²) in [6.07, 6.45) is 2.87. The van der Waals surface area contributed by atoms with Crippen LogP contribution < -0.4 is 16.8 Å². The number of nitrogens with zero attached hydrogens (tertiary/aromatic N) is 2. The first kappa shape index (κ1) is 22.1. The molecule has 1 amide bonds. The van der Waals surface area contributed by atoms with Gasteiger partial charge in [-0.05, 0) is 17.0 Å². The molecule has 8 heteroatoms. The number of carbonyl (C=O) groups excluding carboxylic acids is 1. The van der Waals surface area contributed by atoms with Crippen LogP contribution in [0.15, 0.2) is 36.7 Å². The number of carbonyl (C=O) groups is 1. The number of hydrogen-bond donors (Lipinski definition) is 3. The highest BCUT2D eigenvalue weighted by atomic mass is 35.5. The van der Waals surface area contributed by atoms with E-state index in [1.165, 1.54) is 18.0 Å². The van der Waals surface area contributed by atoms with Gasteiger partial charge in [-0.2, -0.15) is 0 Å². The van der Waals surface area contributed by atoms with E-state index < -0.39 is 0 Å². The van der Waals surface area contributed by atoms with Crippen LogP contribution in [-0.2, 0) is 0 Å². The number of halogens is 2. The monoisotopic (exact) mass is 371 g/mol. The topological polar surface area (TPSA) is 107 Å². The van der Waals surface area contributed by atoms with Gasteiger partial charge in [-0.3, -0.25) is 4.79 Å². The lowest BCUT2D eigenvalue weighted by molar-refractivity contribution is 0.0947. The summed E-state index contributed by atoms with van der Waals surface area (Å²) in [4.78, 5) is 19.7. The Morgan fingerprint density at radius 2 is 1.62 bits per heavy atom. The van der Waals surface area contributed by atoms with Crippen molar-refractivity contribution in [1.29, 1.82) is 0 Å². The first-order valence-electron chi connectivity index (χ1n) is 7.19. The van der Waals surface area contributed by atoms with Gasteiger partial charge in [0.2, 0.25) is 0 Å². The van der Waals surface area contributed by atoms with E-state index >= 15 is 0 Å². The number of nitrogens with one attached hydrogen (secondary N) is 1. The number of aromatic nitrogens is 2. The van der Waals surface area contributed by atoms with Crippen LogP contribution >= 0.6 is 24.8 Å². The van der Waals surface area contributed by atoms with Crippen LogP contribution in [0.4, 0.5) is 5.82 Å². The Kier molecular flexibility index (Phi) is 9.28. The number of hydrogen-bond acceptors (Lipinski definition) is 5. The maximum absolute atomic E-state index is 12.0. The summed E-state index contributed by atoms with van der Waals surface area (Å²) >= 11 is 0. The molecule has 0 saturated heterocycles. The van der Waals surface area contributed by atoms with Crippen molar-refractivity contribution in [2.75, 3.05) is 12.3 Å². The SMILES string of the molecule is CC(C)c1ccc(C(N)CNC(=O)c2nccnc2N)cc1.Cl.Cl. The predicted octanol–water partition coefficient (Wildman–Crippen LogP) is 2.46. The summed E-state index contributed by atoms with van der Waals surface area (Å²) in [5, 5.41) is 2.73. The highest BCUT2D eigenvalue weighted by Gasteiger charge is 2.14. The Morgan fingerprint density at radius 3 is 2.17 bits per heavy atom. The minimum atomic E-state index is -0.375. The lowest BCUT2D eigenvalue weighted by Crippen LogP contribution is -2.33. The molecule has 6 nitrogen and oxygen atoms in total. The highest BCUT2D eigenvalue weighted by molar-refractivity contribution is 5.96. The normalized spacial score (nSPS) is 11.2. The number of nitrogens with two attached hydrogens (primary N) is 2. The molecule has 24 heavy (non-hydrogen) atoms. The molecular weight excluding hydrogens is 349 g/mol. The van der Waals surface area contributed by atoms with Gasteiger partial charge in [-0.15, -0.1) is 24.8 Å². The molecule has 1 aromatic heterocycles. The van der Waals surface area contributed by atoms with Crippen molar-refractivity contribution in [3.63, 3.8) is 0 Å². The van der Waals surface area contributed by atoms with Gasteiger partial charge in [0.1, 0.15) is 0 Å². The zero-order valence-corrected chi connectivity index (χ0v) is 15.2. The van der Waals surface area contributed by atoms with E-state index in [1.54, 1.807) is 0 Å².